The van der Waals surface area contributed by atoms with Crippen LogP contribution in [0.25, 0.3) is 0 Å². The summed E-state index contributed by atoms with van der Waals surface area (Å²) < 4.78 is 21.8. The summed E-state index contributed by atoms with van der Waals surface area (Å²) in [4.78, 5) is 0. The number of rotatable bonds is 5. The maximum atomic E-state index is 11.2. The second-order valence-electron chi connectivity index (χ2n) is 5.18. The van der Waals surface area contributed by atoms with E-state index in [2.05, 4.69) is 5.32 Å². The van der Waals surface area contributed by atoms with Gasteiger partial charge in [-0.3, -0.25) is 8.86 Å². The summed E-state index contributed by atoms with van der Waals surface area (Å²) in [5, 5.41) is 3.48. The van der Waals surface area contributed by atoms with E-state index in [0.29, 0.717) is 24.0 Å². The Kier molecular flexibility index (Phi) is 5.25. The van der Waals surface area contributed by atoms with Gasteiger partial charge in [-0.05, 0) is 38.0 Å². The molecule has 0 amide bonds. The second kappa shape index (κ2) is 6.95. The molecule has 0 radical (unpaired) electrons. The standard InChI is InChI=1S/C14H23N3O2S/c1-2-17(20(18)19)12-8-9-14(13(15)10-12)16-11-6-4-3-5-7-11/h8-11,16H,2-7,15H2,1H3,(H,18,19). The fourth-order valence-corrected chi connectivity index (χ4v) is 3.20. The van der Waals surface area contributed by atoms with E-state index in [4.69, 9.17) is 5.73 Å². The lowest BCUT2D eigenvalue weighted by Gasteiger charge is -2.25. The van der Waals surface area contributed by atoms with Crippen molar-refractivity contribution >= 4 is 28.3 Å². The molecule has 2 rings (SSSR count). The van der Waals surface area contributed by atoms with Crippen LogP contribution >= 0.6 is 0 Å². The van der Waals surface area contributed by atoms with E-state index in [1.165, 1.54) is 36.4 Å². The number of hydrogen-bond acceptors (Lipinski definition) is 3. The molecule has 20 heavy (non-hydrogen) atoms. The molecule has 0 saturated heterocycles. The predicted molar refractivity (Wildman–Crippen MR) is 85.1 cm³/mol. The molecular weight excluding hydrogens is 274 g/mol. The quantitative estimate of drug-likeness (QED) is 0.576. The summed E-state index contributed by atoms with van der Waals surface area (Å²) in [6, 6.07) is 5.97. The molecular formula is C14H23N3O2S. The van der Waals surface area contributed by atoms with Crippen LogP contribution in [-0.4, -0.2) is 21.3 Å². The lowest BCUT2D eigenvalue weighted by Crippen LogP contribution is -2.25. The molecule has 1 unspecified atom stereocenters. The van der Waals surface area contributed by atoms with E-state index < -0.39 is 11.3 Å². The molecule has 1 fully saturated rings. The third kappa shape index (κ3) is 3.64. The Balaban J connectivity index is 2.10. The minimum Gasteiger partial charge on any atom is -0.397 e. The normalized spacial score (nSPS) is 17.7. The fourth-order valence-electron chi connectivity index (χ4n) is 2.69. The van der Waals surface area contributed by atoms with Crippen molar-refractivity contribution in [3.8, 4) is 0 Å². The van der Waals surface area contributed by atoms with E-state index in [1.807, 2.05) is 19.1 Å². The fraction of sp³-hybridized carbons (Fsp3) is 0.571. The number of hydrogen-bond donors (Lipinski definition) is 3. The van der Waals surface area contributed by atoms with Crippen LogP contribution in [-0.2, 0) is 11.3 Å². The zero-order valence-corrected chi connectivity index (χ0v) is 12.7. The summed E-state index contributed by atoms with van der Waals surface area (Å²) >= 11 is -2.02. The zero-order chi connectivity index (χ0) is 14.5. The monoisotopic (exact) mass is 297 g/mol. The maximum absolute atomic E-state index is 11.2. The van der Waals surface area contributed by atoms with Crippen LogP contribution in [0.3, 0.4) is 0 Å². The molecule has 1 aromatic carbocycles. The van der Waals surface area contributed by atoms with Gasteiger partial charge in [0.2, 0.25) is 0 Å². The highest BCUT2D eigenvalue weighted by atomic mass is 32.2. The molecule has 1 aromatic rings. The van der Waals surface area contributed by atoms with E-state index in [0.717, 1.165) is 5.69 Å². The minimum absolute atomic E-state index is 0.456. The molecule has 1 aliphatic carbocycles. The van der Waals surface area contributed by atoms with Gasteiger partial charge < -0.3 is 11.1 Å². The van der Waals surface area contributed by atoms with Gasteiger partial charge >= 0.3 is 0 Å². The van der Waals surface area contributed by atoms with Gasteiger partial charge in [-0.25, -0.2) is 4.21 Å². The van der Waals surface area contributed by atoms with Crippen LogP contribution in [0.15, 0.2) is 18.2 Å². The van der Waals surface area contributed by atoms with Crippen molar-refractivity contribution in [3.05, 3.63) is 18.2 Å². The lowest BCUT2D eigenvalue weighted by atomic mass is 9.95. The van der Waals surface area contributed by atoms with E-state index in [9.17, 15) is 8.76 Å². The average molecular weight is 297 g/mol. The van der Waals surface area contributed by atoms with Crippen molar-refractivity contribution in [1.82, 2.24) is 0 Å². The van der Waals surface area contributed by atoms with Crippen LogP contribution in [0, 0.1) is 0 Å². The third-order valence-electron chi connectivity index (χ3n) is 3.76. The number of benzene rings is 1. The molecule has 1 saturated carbocycles. The summed E-state index contributed by atoms with van der Waals surface area (Å²) in [6.45, 7) is 2.29. The minimum atomic E-state index is -2.02. The molecule has 0 bridgehead atoms. The molecule has 0 aliphatic heterocycles. The van der Waals surface area contributed by atoms with Crippen LogP contribution in [0.2, 0.25) is 0 Å². The van der Waals surface area contributed by atoms with Gasteiger partial charge in [-0.2, -0.15) is 0 Å². The first-order valence-corrected chi connectivity index (χ1v) is 8.22. The molecule has 1 aliphatic rings. The first-order valence-electron chi connectivity index (χ1n) is 7.16. The number of nitrogens with two attached hydrogens (primary N) is 1. The summed E-state index contributed by atoms with van der Waals surface area (Å²) in [6.07, 6.45) is 6.22. The topological polar surface area (TPSA) is 78.6 Å². The molecule has 0 spiro atoms. The maximum Gasteiger partial charge on any atom is 0.261 e. The Hall–Kier alpha value is -1.27. The summed E-state index contributed by atoms with van der Waals surface area (Å²) in [5.41, 5.74) is 8.27. The van der Waals surface area contributed by atoms with Crippen molar-refractivity contribution in [3.63, 3.8) is 0 Å². The van der Waals surface area contributed by atoms with E-state index in [-0.39, 0.29) is 0 Å². The van der Waals surface area contributed by atoms with Gasteiger partial charge in [-0.1, -0.05) is 19.3 Å². The number of nitrogen functional groups attached to an aromatic ring is 1. The number of nitrogens with one attached hydrogen (secondary N) is 1. The SMILES string of the molecule is CCN(c1ccc(NC2CCCCC2)c(N)c1)S(=O)O. The van der Waals surface area contributed by atoms with Gasteiger partial charge in [0.25, 0.3) is 11.3 Å². The van der Waals surface area contributed by atoms with Gasteiger partial charge in [0, 0.05) is 12.6 Å². The predicted octanol–water partition coefficient (Wildman–Crippen LogP) is 2.98. The molecule has 1 atom stereocenters. The van der Waals surface area contributed by atoms with Gasteiger partial charge in [0.15, 0.2) is 0 Å². The average Bonchev–Trinajstić information content (AvgIpc) is 2.43. The van der Waals surface area contributed by atoms with Crippen molar-refractivity contribution in [2.75, 3.05) is 21.9 Å². The number of nitrogens with zero attached hydrogens (tertiary/aromatic N) is 1. The third-order valence-corrected chi connectivity index (χ3v) is 4.61. The summed E-state index contributed by atoms with van der Waals surface area (Å²) in [7, 11) is 0. The summed E-state index contributed by atoms with van der Waals surface area (Å²) in [5.74, 6) is 0. The highest BCUT2D eigenvalue weighted by molar-refractivity contribution is 7.80. The van der Waals surface area contributed by atoms with Crippen molar-refractivity contribution in [1.29, 1.82) is 0 Å². The molecule has 112 valence electrons. The van der Waals surface area contributed by atoms with Gasteiger partial charge in [-0.15, -0.1) is 0 Å². The molecule has 6 heteroatoms. The second-order valence-corrected chi connectivity index (χ2v) is 6.08. The van der Waals surface area contributed by atoms with Gasteiger partial charge in [0.1, 0.15) is 0 Å². The molecule has 0 aromatic heterocycles. The zero-order valence-electron chi connectivity index (χ0n) is 11.8. The number of anilines is 3. The smallest absolute Gasteiger partial charge is 0.261 e. The lowest BCUT2D eigenvalue weighted by molar-refractivity contribution is 0.463. The Morgan fingerprint density at radius 2 is 2.10 bits per heavy atom. The molecule has 4 N–H and O–H groups in total. The Bertz CT molecular complexity index is 475. The Morgan fingerprint density at radius 3 is 2.65 bits per heavy atom. The highest BCUT2D eigenvalue weighted by Gasteiger charge is 2.15. The molecule has 5 nitrogen and oxygen atoms in total. The highest BCUT2D eigenvalue weighted by Crippen LogP contribution is 2.29. The first-order chi connectivity index (χ1) is 9.61. The van der Waals surface area contributed by atoms with Crippen molar-refractivity contribution in [2.24, 2.45) is 0 Å². The first kappa shape index (κ1) is 15.1. The van der Waals surface area contributed by atoms with Crippen molar-refractivity contribution in [2.45, 2.75) is 45.1 Å². The van der Waals surface area contributed by atoms with E-state index in [1.54, 1.807) is 6.07 Å². The largest absolute Gasteiger partial charge is 0.397 e. The van der Waals surface area contributed by atoms with Crippen LogP contribution in [0.4, 0.5) is 17.1 Å². The Labute approximate surface area is 123 Å². The Morgan fingerprint density at radius 1 is 1.40 bits per heavy atom. The van der Waals surface area contributed by atoms with Crippen LogP contribution < -0.4 is 15.4 Å². The van der Waals surface area contributed by atoms with Crippen molar-refractivity contribution < 1.29 is 8.76 Å². The van der Waals surface area contributed by atoms with Gasteiger partial charge in [0.05, 0.1) is 17.1 Å². The van der Waals surface area contributed by atoms with Crippen LogP contribution in [0.1, 0.15) is 39.0 Å². The van der Waals surface area contributed by atoms with Crippen LogP contribution in [0.5, 0.6) is 0 Å². The van der Waals surface area contributed by atoms with E-state index >= 15 is 0 Å². The molecule has 0 heterocycles.